The first-order chi connectivity index (χ1) is 8.08. The largest absolute Gasteiger partial charge is 0.330 e. The van der Waals surface area contributed by atoms with Crippen LogP contribution in [0.3, 0.4) is 0 Å². The molecule has 5 heteroatoms. The van der Waals surface area contributed by atoms with Crippen LogP contribution < -0.4 is 5.32 Å². The third-order valence-corrected chi connectivity index (χ3v) is 4.49. The molecule has 1 saturated heterocycles. The summed E-state index contributed by atoms with van der Waals surface area (Å²) in [6.07, 6.45) is 5.62. The third kappa shape index (κ3) is 1.73. The van der Waals surface area contributed by atoms with Crippen molar-refractivity contribution in [1.29, 1.82) is 0 Å². The van der Waals surface area contributed by atoms with Crippen LogP contribution in [0.5, 0.6) is 0 Å². The molecule has 3 rings (SSSR count). The molecule has 92 valence electrons. The number of rotatable bonds is 2. The number of amides is 4. The van der Waals surface area contributed by atoms with Crippen molar-refractivity contribution in [3.63, 3.8) is 0 Å². The number of fused-ring (bicyclic) bond motifs is 2. The average molecular weight is 236 g/mol. The Kier molecular flexibility index (Phi) is 2.24. The maximum atomic E-state index is 11.7. The van der Waals surface area contributed by atoms with E-state index in [0.29, 0.717) is 6.54 Å². The standard InChI is InChI=1S/C12H16N2O3/c15-9-5-10(16)14(11(17)13-9)7-12-3-1-8(6-12)2-4-12/h8H,1-7H2,(H,13,15,17). The van der Waals surface area contributed by atoms with E-state index >= 15 is 0 Å². The number of imide groups is 2. The molecule has 0 aromatic heterocycles. The zero-order chi connectivity index (χ0) is 12.0. The molecular formula is C12H16N2O3. The first-order valence-corrected chi connectivity index (χ1v) is 6.22. The van der Waals surface area contributed by atoms with Gasteiger partial charge in [0.15, 0.2) is 0 Å². The van der Waals surface area contributed by atoms with Crippen molar-refractivity contribution in [1.82, 2.24) is 10.2 Å². The van der Waals surface area contributed by atoms with Crippen LogP contribution in [0.25, 0.3) is 0 Å². The minimum atomic E-state index is -0.532. The number of nitrogens with one attached hydrogen (secondary N) is 1. The quantitative estimate of drug-likeness (QED) is 0.728. The van der Waals surface area contributed by atoms with Crippen LogP contribution >= 0.6 is 0 Å². The Hall–Kier alpha value is -1.39. The van der Waals surface area contributed by atoms with Gasteiger partial charge in [-0.2, -0.15) is 0 Å². The van der Waals surface area contributed by atoms with E-state index in [1.54, 1.807) is 0 Å². The summed E-state index contributed by atoms with van der Waals surface area (Å²) >= 11 is 0. The number of urea groups is 1. The van der Waals surface area contributed by atoms with Crippen molar-refractivity contribution in [3.05, 3.63) is 0 Å². The first kappa shape index (κ1) is 10.7. The van der Waals surface area contributed by atoms with Crippen molar-refractivity contribution in [3.8, 4) is 0 Å². The zero-order valence-corrected chi connectivity index (χ0v) is 9.70. The van der Waals surface area contributed by atoms with Crippen LogP contribution in [-0.2, 0) is 9.59 Å². The van der Waals surface area contributed by atoms with Crippen molar-refractivity contribution < 1.29 is 14.4 Å². The van der Waals surface area contributed by atoms with Gasteiger partial charge < -0.3 is 0 Å². The van der Waals surface area contributed by atoms with Crippen LogP contribution in [-0.4, -0.2) is 29.3 Å². The molecule has 0 aromatic rings. The summed E-state index contributed by atoms with van der Waals surface area (Å²) in [6.45, 7) is 0.501. The molecule has 0 spiro atoms. The molecular weight excluding hydrogens is 220 g/mol. The summed E-state index contributed by atoms with van der Waals surface area (Å²) in [5, 5.41) is 2.22. The smallest absolute Gasteiger partial charge is 0.277 e. The van der Waals surface area contributed by atoms with Crippen molar-refractivity contribution in [2.24, 2.45) is 11.3 Å². The van der Waals surface area contributed by atoms with Gasteiger partial charge in [0.2, 0.25) is 11.8 Å². The Morgan fingerprint density at radius 3 is 2.47 bits per heavy atom. The summed E-state index contributed by atoms with van der Waals surface area (Å²) in [7, 11) is 0. The molecule has 5 nitrogen and oxygen atoms in total. The Balaban J connectivity index is 1.74. The van der Waals surface area contributed by atoms with E-state index in [1.165, 1.54) is 17.7 Å². The number of hydrogen-bond acceptors (Lipinski definition) is 3. The van der Waals surface area contributed by atoms with Crippen LogP contribution in [0.2, 0.25) is 0 Å². The Labute approximate surface area is 99.5 Å². The fraction of sp³-hybridized carbons (Fsp3) is 0.750. The lowest BCUT2D eigenvalue weighted by Crippen LogP contribution is -2.55. The summed E-state index contributed by atoms with van der Waals surface area (Å²) in [6, 6.07) is -0.532. The van der Waals surface area contributed by atoms with Crippen molar-refractivity contribution >= 4 is 17.8 Å². The monoisotopic (exact) mass is 236 g/mol. The second-order valence-corrected chi connectivity index (χ2v) is 5.66. The van der Waals surface area contributed by atoms with Crippen LogP contribution in [0, 0.1) is 11.3 Å². The van der Waals surface area contributed by atoms with Gasteiger partial charge >= 0.3 is 6.03 Å². The summed E-state index contributed by atoms with van der Waals surface area (Å²) < 4.78 is 0. The predicted molar refractivity (Wildman–Crippen MR) is 58.9 cm³/mol. The maximum Gasteiger partial charge on any atom is 0.330 e. The third-order valence-electron chi connectivity index (χ3n) is 4.49. The molecule has 2 bridgehead atoms. The van der Waals surface area contributed by atoms with Gasteiger partial charge in [-0.05, 0) is 43.4 Å². The molecule has 1 N–H and O–H groups in total. The lowest BCUT2D eigenvalue weighted by atomic mass is 9.83. The fourth-order valence-corrected chi connectivity index (χ4v) is 3.61. The van der Waals surface area contributed by atoms with Crippen LogP contribution in [0.15, 0.2) is 0 Å². The highest BCUT2D eigenvalue weighted by Crippen LogP contribution is 2.54. The molecule has 3 fully saturated rings. The molecule has 0 unspecified atom stereocenters. The molecule has 2 saturated carbocycles. The highest BCUT2D eigenvalue weighted by molar-refractivity contribution is 6.14. The lowest BCUT2D eigenvalue weighted by molar-refractivity contribution is -0.137. The number of carbonyl (C=O) groups is 3. The fourth-order valence-electron chi connectivity index (χ4n) is 3.61. The highest BCUT2D eigenvalue weighted by atomic mass is 16.2. The second-order valence-electron chi connectivity index (χ2n) is 5.66. The average Bonchev–Trinajstić information content (AvgIpc) is 2.83. The summed E-state index contributed by atoms with van der Waals surface area (Å²) in [5.41, 5.74) is 0.151. The molecule has 2 aliphatic carbocycles. The van der Waals surface area contributed by atoms with E-state index < -0.39 is 11.9 Å². The Morgan fingerprint density at radius 2 is 1.94 bits per heavy atom. The van der Waals surface area contributed by atoms with Crippen LogP contribution in [0.4, 0.5) is 4.79 Å². The van der Waals surface area contributed by atoms with Gasteiger partial charge in [0.1, 0.15) is 6.42 Å². The normalized spacial score (nSPS) is 36.6. The molecule has 4 amide bonds. The van der Waals surface area contributed by atoms with E-state index in [9.17, 15) is 14.4 Å². The number of carbonyl (C=O) groups excluding carboxylic acids is 3. The van der Waals surface area contributed by atoms with Gasteiger partial charge in [-0.1, -0.05) is 0 Å². The number of hydrogen-bond donors (Lipinski definition) is 1. The highest BCUT2D eigenvalue weighted by Gasteiger charge is 2.47. The van der Waals surface area contributed by atoms with Gasteiger partial charge in [0.05, 0.1) is 0 Å². The van der Waals surface area contributed by atoms with Gasteiger partial charge in [0.25, 0.3) is 0 Å². The predicted octanol–water partition coefficient (Wildman–Crippen LogP) is 1.04. The number of nitrogens with zero attached hydrogens (tertiary/aromatic N) is 1. The Bertz CT molecular complexity index is 377. The van der Waals surface area contributed by atoms with Gasteiger partial charge in [-0.15, -0.1) is 0 Å². The van der Waals surface area contributed by atoms with Gasteiger partial charge in [-0.3, -0.25) is 19.8 Å². The zero-order valence-electron chi connectivity index (χ0n) is 9.70. The molecule has 0 atom stereocenters. The molecule has 0 aromatic carbocycles. The lowest BCUT2D eigenvalue weighted by Gasteiger charge is -2.34. The molecule has 1 heterocycles. The molecule has 17 heavy (non-hydrogen) atoms. The number of barbiturate groups is 1. The van der Waals surface area contributed by atoms with E-state index in [4.69, 9.17) is 0 Å². The van der Waals surface area contributed by atoms with E-state index in [0.717, 1.165) is 25.2 Å². The van der Waals surface area contributed by atoms with E-state index in [-0.39, 0.29) is 17.7 Å². The van der Waals surface area contributed by atoms with Gasteiger partial charge in [-0.25, -0.2) is 4.79 Å². The Morgan fingerprint density at radius 1 is 1.24 bits per heavy atom. The maximum absolute atomic E-state index is 11.7. The molecule has 1 aliphatic heterocycles. The minimum Gasteiger partial charge on any atom is -0.277 e. The van der Waals surface area contributed by atoms with Crippen LogP contribution in [0.1, 0.15) is 38.5 Å². The van der Waals surface area contributed by atoms with Crippen molar-refractivity contribution in [2.75, 3.05) is 6.54 Å². The van der Waals surface area contributed by atoms with Crippen molar-refractivity contribution in [2.45, 2.75) is 38.5 Å². The second kappa shape index (κ2) is 3.55. The topological polar surface area (TPSA) is 66.5 Å². The first-order valence-electron chi connectivity index (χ1n) is 6.22. The SMILES string of the molecule is O=C1CC(=O)N(CC23CCC(CC2)C3)C(=O)N1. The van der Waals surface area contributed by atoms with E-state index in [1.807, 2.05) is 0 Å². The molecule has 3 aliphatic rings. The molecule has 0 radical (unpaired) electrons. The summed E-state index contributed by atoms with van der Waals surface area (Å²) in [4.78, 5) is 35.7. The van der Waals surface area contributed by atoms with Gasteiger partial charge in [0, 0.05) is 6.54 Å². The van der Waals surface area contributed by atoms with E-state index in [2.05, 4.69) is 5.32 Å². The minimum absolute atomic E-state index is 0.151. The summed E-state index contributed by atoms with van der Waals surface area (Å²) in [5.74, 6) is -0.0347.